The molecule has 1 saturated heterocycles. The average molecular weight is 325 g/mol. The highest BCUT2D eigenvalue weighted by atomic mass is 79.9. The molecule has 1 N–H and O–H groups in total. The largest absolute Gasteiger partial charge is 0.365 e. The quantitative estimate of drug-likeness (QED) is 0.877. The van der Waals surface area contributed by atoms with Gasteiger partial charge in [-0.05, 0) is 73.8 Å². The van der Waals surface area contributed by atoms with Gasteiger partial charge in [-0.1, -0.05) is 13.0 Å². The van der Waals surface area contributed by atoms with Crippen LogP contribution in [0.5, 0.6) is 0 Å². The zero-order valence-corrected chi connectivity index (χ0v) is 14.0. The minimum absolute atomic E-state index is 0.392. The summed E-state index contributed by atoms with van der Waals surface area (Å²) < 4.78 is 1.22. The predicted octanol–water partition coefficient (Wildman–Crippen LogP) is 4.50. The maximum atomic E-state index is 3.77. The third-order valence-electron chi connectivity index (χ3n) is 4.44. The highest BCUT2D eigenvalue weighted by Crippen LogP contribution is 2.37. The van der Waals surface area contributed by atoms with E-state index in [4.69, 9.17) is 0 Å². The van der Waals surface area contributed by atoms with Crippen LogP contribution in [0, 0.1) is 0 Å². The molecule has 19 heavy (non-hydrogen) atoms. The van der Waals surface area contributed by atoms with Crippen LogP contribution in [0.15, 0.2) is 22.7 Å². The van der Waals surface area contributed by atoms with E-state index in [0.29, 0.717) is 18.1 Å². The standard InChI is InChI=1S/C16H25BrN2/c1-5-14-8-6-11(2)19(14)16-9-7-13(10-15(16)17)12(3)18-4/h7,9-12,14,18H,5-6,8H2,1-4H3. The summed E-state index contributed by atoms with van der Waals surface area (Å²) in [5.41, 5.74) is 2.68. The molecule has 0 aromatic heterocycles. The molecular weight excluding hydrogens is 300 g/mol. The highest BCUT2D eigenvalue weighted by Gasteiger charge is 2.30. The van der Waals surface area contributed by atoms with Crippen molar-refractivity contribution in [3.05, 3.63) is 28.2 Å². The van der Waals surface area contributed by atoms with Crippen molar-refractivity contribution in [1.82, 2.24) is 5.32 Å². The number of nitrogens with one attached hydrogen (secondary N) is 1. The topological polar surface area (TPSA) is 15.3 Å². The zero-order chi connectivity index (χ0) is 14.0. The van der Waals surface area contributed by atoms with Crippen LogP contribution in [0.2, 0.25) is 0 Å². The average Bonchev–Trinajstić information content (AvgIpc) is 2.78. The van der Waals surface area contributed by atoms with Gasteiger partial charge in [0.2, 0.25) is 0 Å². The van der Waals surface area contributed by atoms with Crippen LogP contribution in [-0.2, 0) is 0 Å². The molecule has 0 bridgehead atoms. The van der Waals surface area contributed by atoms with E-state index in [2.05, 4.69) is 65.1 Å². The molecule has 1 heterocycles. The Balaban J connectivity index is 2.30. The molecule has 1 fully saturated rings. The Labute approximate surface area is 125 Å². The molecule has 0 spiro atoms. The second kappa shape index (κ2) is 6.27. The number of hydrogen-bond acceptors (Lipinski definition) is 2. The van der Waals surface area contributed by atoms with E-state index in [1.54, 1.807) is 0 Å². The van der Waals surface area contributed by atoms with E-state index in [0.717, 1.165) is 0 Å². The molecule has 0 aliphatic carbocycles. The van der Waals surface area contributed by atoms with Crippen molar-refractivity contribution in [2.24, 2.45) is 0 Å². The first kappa shape index (κ1) is 14.9. The lowest BCUT2D eigenvalue weighted by atomic mass is 10.1. The highest BCUT2D eigenvalue weighted by molar-refractivity contribution is 9.10. The third kappa shape index (κ3) is 2.97. The maximum absolute atomic E-state index is 3.77. The van der Waals surface area contributed by atoms with E-state index < -0.39 is 0 Å². The fourth-order valence-corrected chi connectivity index (χ4v) is 3.68. The van der Waals surface area contributed by atoms with Gasteiger partial charge in [0.05, 0.1) is 5.69 Å². The van der Waals surface area contributed by atoms with Crippen molar-refractivity contribution in [1.29, 1.82) is 0 Å². The Morgan fingerprint density at radius 2 is 2.16 bits per heavy atom. The molecule has 1 aliphatic heterocycles. The fraction of sp³-hybridized carbons (Fsp3) is 0.625. The lowest BCUT2D eigenvalue weighted by Gasteiger charge is -2.31. The van der Waals surface area contributed by atoms with Crippen LogP contribution in [0.4, 0.5) is 5.69 Å². The summed E-state index contributed by atoms with van der Waals surface area (Å²) in [4.78, 5) is 2.60. The Morgan fingerprint density at radius 3 is 2.74 bits per heavy atom. The summed E-state index contributed by atoms with van der Waals surface area (Å²) in [6, 6.07) is 8.52. The Kier molecular flexibility index (Phi) is 4.91. The number of rotatable bonds is 4. The van der Waals surface area contributed by atoms with E-state index >= 15 is 0 Å². The number of hydrogen-bond donors (Lipinski definition) is 1. The van der Waals surface area contributed by atoms with Crippen molar-refractivity contribution < 1.29 is 0 Å². The van der Waals surface area contributed by atoms with Gasteiger partial charge in [0, 0.05) is 22.6 Å². The van der Waals surface area contributed by atoms with Gasteiger partial charge in [0.25, 0.3) is 0 Å². The monoisotopic (exact) mass is 324 g/mol. The third-order valence-corrected chi connectivity index (χ3v) is 5.08. The lowest BCUT2D eigenvalue weighted by molar-refractivity contribution is 0.625. The Bertz CT molecular complexity index is 433. The summed E-state index contributed by atoms with van der Waals surface area (Å²) in [5, 5.41) is 3.29. The number of halogens is 1. The molecular formula is C16H25BrN2. The summed E-state index contributed by atoms with van der Waals surface area (Å²) >= 11 is 3.77. The second-order valence-electron chi connectivity index (χ2n) is 5.62. The first-order valence-electron chi connectivity index (χ1n) is 7.33. The molecule has 0 amide bonds. The predicted molar refractivity (Wildman–Crippen MR) is 86.9 cm³/mol. The van der Waals surface area contributed by atoms with E-state index in [1.807, 2.05) is 7.05 Å². The molecule has 3 heteroatoms. The van der Waals surface area contributed by atoms with Crippen LogP contribution in [-0.4, -0.2) is 19.1 Å². The number of anilines is 1. The van der Waals surface area contributed by atoms with E-state index in [-0.39, 0.29) is 0 Å². The normalized spacial score (nSPS) is 24.8. The fourth-order valence-electron chi connectivity index (χ4n) is 3.08. The van der Waals surface area contributed by atoms with Gasteiger partial charge in [-0.15, -0.1) is 0 Å². The van der Waals surface area contributed by atoms with Crippen molar-refractivity contribution in [2.75, 3.05) is 11.9 Å². The first-order valence-corrected chi connectivity index (χ1v) is 8.12. The lowest BCUT2D eigenvalue weighted by Crippen LogP contribution is -2.34. The van der Waals surface area contributed by atoms with Crippen LogP contribution in [0.3, 0.4) is 0 Å². The van der Waals surface area contributed by atoms with Crippen LogP contribution in [0.1, 0.15) is 51.6 Å². The van der Waals surface area contributed by atoms with Crippen LogP contribution < -0.4 is 10.2 Å². The maximum Gasteiger partial charge on any atom is 0.0515 e. The van der Waals surface area contributed by atoms with Gasteiger partial charge in [-0.2, -0.15) is 0 Å². The van der Waals surface area contributed by atoms with Crippen LogP contribution in [0.25, 0.3) is 0 Å². The number of benzene rings is 1. The van der Waals surface area contributed by atoms with E-state index in [1.165, 1.54) is 35.0 Å². The van der Waals surface area contributed by atoms with Gasteiger partial charge in [-0.25, -0.2) is 0 Å². The molecule has 3 unspecified atom stereocenters. The molecule has 2 rings (SSSR count). The SMILES string of the molecule is CCC1CCC(C)N1c1ccc(C(C)NC)cc1Br. The van der Waals surface area contributed by atoms with Crippen molar-refractivity contribution in [3.8, 4) is 0 Å². The van der Waals surface area contributed by atoms with E-state index in [9.17, 15) is 0 Å². The molecule has 1 aromatic carbocycles. The minimum Gasteiger partial charge on any atom is -0.365 e. The molecule has 106 valence electrons. The summed E-state index contributed by atoms with van der Waals surface area (Å²) in [7, 11) is 2.00. The molecule has 3 atom stereocenters. The smallest absolute Gasteiger partial charge is 0.0515 e. The molecule has 0 radical (unpaired) electrons. The molecule has 0 saturated carbocycles. The number of nitrogens with zero attached hydrogens (tertiary/aromatic N) is 1. The Morgan fingerprint density at radius 1 is 1.42 bits per heavy atom. The van der Waals surface area contributed by atoms with Gasteiger partial charge in [0.1, 0.15) is 0 Å². The summed E-state index contributed by atoms with van der Waals surface area (Å²) in [6.07, 6.45) is 3.85. The van der Waals surface area contributed by atoms with Crippen molar-refractivity contribution in [3.63, 3.8) is 0 Å². The van der Waals surface area contributed by atoms with Crippen molar-refractivity contribution >= 4 is 21.6 Å². The van der Waals surface area contributed by atoms with Gasteiger partial charge in [0.15, 0.2) is 0 Å². The van der Waals surface area contributed by atoms with Crippen molar-refractivity contribution in [2.45, 2.75) is 58.2 Å². The minimum atomic E-state index is 0.392. The van der Waals surface area contributed by atoms with Gasteiger partial charge >= 0.3 is 0 Å². The molecule has 1 aromatic rings. The molecule has 2 nitrogen and oxygen atoms in total. The summed E-state index contributed by atoms with van der Waals surface area (Å²) in [6.45, 7) is 6.82. The zero-order valence-electron chi connectivity index (χ0n) is 12.4. The van der Waals surface area contributed by atoms with Crippen LogP contribution >= 0.6 is 15.9 Å². The van der Waals surface area contributed by atoms with Gasteiger partial charge in [-0.3, -0.25) is 0 Å². The second-order valence-corrected chi connectivity index (χ2v) is 6.47. The Hall–Kier alpha value is -0.540. The van der Waals surface area contributed by atoms with Gasteiger partial charge < -0.3 is 10.2 Å². The molecule has 1 aliphatic rings. The summed E-state index contributed by atoms with van der Waals surface area (Å²) in [5.74, 6) is 0. The first-order chi connectivity index (χ1) is 9.08.